The minimum atomic E-state index is -0.934. The quantitative estimate of drug-likeness (QED) is 0.589. The lowest BCUT2D eigenvalue weighted by molar-refractivity contribution is -0.167. The zero-order valence-corrected chi connectivity index (χ0v) is 10.1. The SMILES string of the molecule is CCOC(=O)C(=O)OCCc1cccc(C)c1. The lowest BCUT2D eigenvalue weighted by Gasteiger charge is -2.04. The standard InChI is InChI=1S/C13H16O4/c1-3-16-12(14)13(15)17-8-7-11-6-4-5-10(2)9-11/h4-6,9H,3,7-8H2,1-2H3. The fourth-order valence-corrected chi connectivity index (χ4v) is 1.38. The first-order chi connectivity index (χ1) is 8.13. The zero-order valence-electron chi connectivity index (χ0n) is 10.1. The monoisotopic (exact) mass is 236 g/mol. The molecule has 0 saturated carbocycles. The van der Waals surface area contributed by atoms with Crippen LogP contribution in [0.4, 0.5) is 0 Å². The van der Waals surface area contributed by atoms with E-state index >= 15 is 0 Å². The van der Waals surface area contributed by atoms with E-state index < -0.39 is 11.9 Å². The van der Waals surface area contributed by atoms with Gasteiger partial charge in [0.1, 0.15) is 0 Å². The van der Waals surface area contributed by atoms with Crippen molar-refractivity contribution >= 4 is 11.9 Å². The molecule has 0 atom stereocenters. The molecule has 4 nitrogen and oxygen atoms in total. The normalized spacial score (nSPS) is 9.76. The van der Waals surface area contributed by atoms with Gasteiger partial charge in [0, 0.05) is 6.42 Å². The highest BCUT2D eigenvalue weighted by molar-refractivity contribution is 6.29. The lowest BCUT2D eigenvalue weighted by Crippen LogP contribution is -2.21. The van der Waals surface area contributed by atoms with Crippen molar-refractivity contribution in [2.75, 3.05) is 13.2 Å². The van der Waals surface area contributed by atoms with E-state index in [2.05, 4.69) is 4.74 Å². The van der Waals surface area contributed by atoms with Crippen molar-refractivity contribution in [1.82, 2.24) is 0 Å². The van der Waals surface area contributed by atoms with E-state index in [1.807, 2.05) is 31.2 Å². The van der Waals surface area contributed by atoms with Crippen LogP contribution >= 0.6 is 0 Å². The van der Waals surface area contributed by atoms with Crippen LogP contribution in [0, 0.1) is 6.92 Å². The largest absolute Gasteiger partial charge is 0.458 e. The predicted molar refractivity (Wildman–Crippen MR) is 62.5 cm³/mol. The average Bonchev–Trinajstić information content (AvgIpc) is 2.29. The zero-order chi connectivity index (χ0) is 12.7. The molecule has 4 heteroatoms. The van der Waals surface area contributed by atoms with Crippen molar-refractivity contribution < 1.29 is 19.1 Å². The Morgan fingerprint density at radius 1 is 1.18 bits per heavy atom. The number of benzene rings is 1. The van der Waals surface area contributed by atoms with Crippen LogP contribution in [-0.2, 0) is 25.5 Å². The molecule has 0 unspecified atom stereocenters. The smallest absolute Gasteiger partial charge is 0.417 e. The molecule has 17 heavy (non-hydrogen) atoms. The third-order valence-electron chi connectivity index (χ3n) is 2.15. The van der Waals surface area contributed by atoms with Gasteiger partial charge in [-0.2, -0.15) is 0 Å². The van der Waals surface area contributed by atoms with E-state index in [1.54, 1.807) is 6.92 Å². The Bertz CT molecular complexity index is 398. The van der Waals surface area contributed by atoms with E-state index in [-0.39, 0.29) is 13.2 Å². The topological polar surface area (TPSA) is 52.6 Å². The Balaban J connectivity index is 2.33. The van der Waals surface area contributed by atoms with Crippen molar-refractivity contribution in [3.63, 3.8) is 0 Å². The molecule has 0 saturated heterocycles. The average molecular weight is 236 g/mol. The molecule has 0 bridgehead atoms. The molecule has 0 heterocycles. The molecule has 0 amide bonds. The van der Waals surface area contributed by atoms with Gasteiger partial charge in [-0.15, -0.1) is 0 Å². The second-order valence-corrected chi connectivity index (χ2v) is 3.60. The summed E-state index contributed by atoms with van der Waals surface area (Å²) in [6.07, 6.45) is 0.590. The molecule has 0 aliphatic heterocycles. The van der Waals surface area contributed by atoms with Crippen molar-refractivity contribution in [3.8, 4) is 0 Å². The first kappa shape index (κ1) is 13.2. The summed E-state index contributed by atoms with van der Waals surface area (Å²) in [6.45, 7) is 3.99. The van der Waals surface area contributed by atoms with Crippen molar-refractivity contribution in [1.29, 1.82) is 0 Å². The Morgan fingerprint density at radius 3 is 2.53 bits per heavy atom. The molecule has 0 radical (unpaired) electrons. The number of rotatable bonds is 4. The van der Waals surface area contributed by atoms with Crippen molar-refractivity contribution in [3.05, 3.63) is 35.4 Å². The van der Waals surface area contributed by atoms with Crippen LogP contribution in [0.15, 0.2) is 24.3 Å². The predicted octanol–water partition coefficient (Wildman–Crippen LogP) is 1.64. The molecule has 92 valence electrons. The highest BCUT2D eigenvalue weighted by Crippen LogP contribution is 2.04. The maximum absolute atomic E-state index is 11.1. The fourth-order valence-electron chi connectivity index (χ4n) is 1.38. The Labute approximate surface area is 101 Å². The van der Waals surface area contributed by atoms with Gasteiger partial charge in [0.15, 0.2) is 0 Å². The summed E-state index contributed by atoms with van der Waals surface area (Å²) in [6, 6.07) is 7.90. The maximum atomic E-state index is 11.1. The van der Waals surface area contributed by atoms with Gasteiger partial charge in [-0.3, -0.25) is 0 Å². The number of hydrogen-bond acceptors (Lipinski definition) is 4. The Morgan fingerprint density at radius 2 is 1.88 bits per heavy atom. The van der Waals surface area contributed by atoms with Gasteiger partial charge in [-0.05, 0) is 19.4 Å². The summed E-state index contributed by atoms with van der Waals surface area (Å²) >= 11 is 0. The third kappa shape index (κ3) is 4.68. The molecule has 1 aromatic carbocycles. The van der Waals surface area contributed by atoms with Crippen molar-refractivity contribution in [2.24, 2.45) is 0 Å². The minimum Gasteiger partial charge on any atom is -0.458 e. The second-order valence-electron chi connectivity index (χ2n) is 3.60. The van der Waals surface area contributed by atoms with Crippen LogP contribution in [0.25, 0.3) is 0 Å². The molecular weight excluding hydrogens is 220 g/mol. The fraction of sp³-hybridized carbons (Fsp3) is 0.385. The summed E-state index contributed by atoms with van der Waals surface area (Å²) in [4.78, 5) is 22.0. The van der Waals surface area contributed by atoms with E-state index in [1.165, 1.54) is 0 Å². The molecule has 0 aromatic heterocycles. The van der Waals surface area contributed by atoms with Crippen LogP contribution in [0.3, 0.4) is 0 Å². The van der Waals surface area contributed by atoms with Crippen LogP contribution in [0.1, 0.15) is 18.1 Å². The van der Waals surface area contributed by atoms with Gasteiger partial charge < -0.3 is 9.47 Å². The second kappa shape index (κ2) is 6.68. The minimum absolute atomic E-state index is 0.172. The van der Waals surface area contributed by atoms with E-state index in [0.717, 1.165) is 11.1 Å². The van der Waals surface area contributed by atoms with Gasteiger partial charge in [-0.25, -0.2) is 9.59 Å². The number of carbonyl (C=O) groups is 2. The summed E-state index contributed by atoms with van der Waals surface area (Å²) in [5, 5.41) is 0. The summed E-state index contributed by atoms with van der Waals surface area (Å²) in [5.74, 6) is -1.86. The van der Waals surface area contributed by atoms with E-state index in [4.69, 9.17) is 4.74 Å². The molecule has 0 aliphatic rings. The summed E-state index contributed by atoms with van der Waals surface area (Å²) < 4.78 is 9.30. The molecule has 0 fully saturated rings. The van der Waals surface area contributed by atoms with Gasteiger partial charge >= 0.3 is 11.9 Å². The van der Waals surface area contributed by atoms with Crippen LogP contribution in [-0.4, -0.2) is 25.2 Å². The third-order valence-corrected chi connectivity index (χ3v) is 2.15. The van der Waals surface area contributed by atoms with Gasteiger partial charge in [-0.1, -0.05) is 29.8 Å². The Hall–Kier alpha value is -1.84. The highest BCUT2D eigenvalue weighted by atomic mass is 16.6. The molecule has 1 aromatic rings. The number of ether oxygens (including phenoxy) is 2. The summed E-state index contributed by atoms with van der Waals surface area (Å²) in [7, 11) is 0. The molecule has 1 rings (SSSR count). The first-order valence-corrected chi connectivity index (χ1v) is 5.53. The Kier molecular flexibility index (Phi) is 5.20. The highest BCUT2D eigenvalue weighted by Gasteiger charge is 2.15. The van der Waals surface area contributed by atoms with Crippen LogP contribution in [0.2, 0.25) is 0 Å². The number of carbonyl (C=O) groups excluding carboxylic acids is 2. The summed E-state index contributed by atoms with van der Waals surface area (Å²) in [5.41, 5.74) is 2.22. The van der Waals surface area contributed by atoms with Gasteiger partial charge in [0.05, 0.1) is 13.2 Å². The van der Waals surface area contributed by atoms with Crippen molar-refractivity contribution in [2.45, 2.75) is 20.3 Å². The number of aryl methyl sites for hydroxylation is 1. The number of hydrogen-bond donors (Lipinski definition) is 0. The van der Waals surface area contributed by atoms with Gasteiger partial charge in [0.2, 0.25) is 0 Å². The maximum Gasteiger partial charge on any atom is 0.417 e. The number of esters is 2. The molecular formula is C13H16O4. The lowest BCUT2D eigenvalue weighted by atomic mass is 10.1. The first-order valence-electron chi connectivity index (χ1n) is 5.53. The van der Waals surface area contributed by atoms with Gasteiger partial charge in [0.25, 0.3) is 0 Å². The van der Waals surface area contributed by atoms with Crippen LogP contribution in [0.5, 0.6) is 0 Å². The van der Waals surface area contributed by atoms with E-state index in [0.29, 0.717) is 6.42 Å². The molecule has 0 N–H and O–H groups in total. The van der Waals surface area contributed by atoms with E-state index in [9.17, 15) is 9.59 Å². The molecule has 0 spiro atoms. The van der Waals surface area contributed by atoms with Crippen LogP contribution < -0.4 is 0 Å². The molecule has 0 aliphatic carbocycles.